The Morgan fingerprint density at radius 1 is 1.26 bits per heavy atom. The monoisotopic (exact) mass is 280 g/mol. The van der Waals surface area contributed by atoms with E-state index in [2.05, 4.69) is 5.32 Å². The van der Waals surface area contributed by atoms with Crippen molar-refractivity contribution in [2.24, 2.45) is 0 Å². The molecule has 2 aromatic carbocycles. The molecule has 0 spiro atoms. The second-order valence-electron chi connectivity index (χ2n) is 3.88. The van der Waals surface area contributed by atoms with Gasteiger partial charge in [-0.25, -0.2) is 4.39 Å². The van der Waals surface area contributed by atoms with Gasteiger partial charge in [-0.1, -0.05) is 29.8 Å². The van der Waals surface area contributed by atoms with Crippen LogP contribution in [0.25, 0.3) is 0 Å². The molecule has 0 heterocycles. The highest BCUT2D eigenvalue weighted by molar-refractivity contribution is 6.30. The van der Waals surface area contributed by atoms with Gasteiger partial charge in [-0.2, -0.15) is 0 Å². The van der Waals surface area contributed by atoms with E-state index in [0.717, 1.165) is 0 Å². The molecule has 0 fully saturated rings. The molecule has 0 aliphatic rings. The molecule has 2 aromatic rings. The van der Waals surface area contributed by atoms with Crippen molar-refractivity contribution in [3.63, 3.8) is 0 Å². The molecule has 0 amide bonds. The highest BCUT2D eigenvalue weighted by Crippen LogP contribution is 2.24. The number of para-hydroxylation sites is 2. The van der Waals surface area contributed by atoms with Gasteiger partial charge < -0.3 is 5.32 Å². The topological polar surface area (TPSA) is 55.2 Å². The lowest BCUT2D eigenvalue weighted by Crippen LogP contribution is -2.02. The number of halogens is 2. The third kappa shape index (κ3) is 3.20. The minimum atomic E-state index is -0.511. The van der Waals surface area contributed by atoms with Gasteiger partial charge in [0.2, 0.25) is 0 Å². The lowest BCUT2D eigenvalue weighted by atomic mass is 10.2. The molecule has 0 saturated heterocycles. The number of nitro groups is 1. The zero-order valence-electron chi connectivity index (χ0n) is 9.77. The summed E-state index contributed by atoms with van der Waals surface area (Å²) >= 11 is 5.58. The predicted octanol–water partition coefficient (Wildman–Crippen LogP) is 4.00. The molecule has 0 aliphatic carbocycles. The van der Waals surface area contributed by atoms with Crippen LogP contribution in [0.15, 0.2) is 42.5 Å². The first kappa shape index (κ1) is 13.3. The summed E-state index contributed by atoms with van der Waals surface area (Å²) in [6, 6.07) is 10.7. The summed E-state index contributed by atoms with van der Waals surface area (Å²) in [7, 11) is 0. The van der Waals surface area contributed by atoms with Gasteiger partial charge in [-0.3, -0.25) is 10.1 Å². The molecular weight excluding hydrogens is 271 g/mol. The zero-order valence-corrected chi connectivity index (χ0v) is 10.5. The Morgan fingerprint density at radius 2 is 2.00 bits per heavy atom. The van der Waals surface area contributed by atoms with E-state index < -0.39 is 10.7 Å². The number of rotatable bonds is 4. The van der Waals surface area contributed by atoms with Crippen LogP contribution >= 0.6 is 11.6 Å². The second kappa shape index (κ2) is 5.67. The summed E-state index contributed by atoms with van der Waals surface area (Å²) in [5, 5.41) is 13.8. The molecule has 0 atom stereocenters. The van der Waals surface area contributed by atoms with Crippen LogP contribution in [-0.4, -0.2) is 4.92 Å². The van der Waals surface area contributed by atoms with E-state index in [9.17, 15) is 14.5 Å². The predicted molar refractivity (Wildman–Crippen MR) is 71.8 cm³/mol. The summed E-state index contributed by atoms with van der Waals surface area (Å²) < 4.78 is 13.2. The van der Waals surface area contributed by atoms with Crippen molar-refractivity contribution >= 4 is 23.0 Å². The molecule has 6 heteroatoms. The zero-order chi connectivity index (χ0) is 13.8. The maximum absolute atomic E-state index is 13.2. The molecule has 19 heavy (non-hydrogen) atoms. The molecule has 0 unspecified atom stereocenters. The van der Waals surface area contributed by atoms with Crippen molar-refractivity contribution in [2.75, 3.05) is 5.32 Å². The highest BCUT2D eigenvalue weighted by Gasteiger charge is 2.11. The van der Waals surface area contributed by atoms with Crippen LogP contribution < -0.4 is 5.32 Å². The lowest BCUT2D eigenvalue weighted by Gasteiger charge is -2.07. The van der Waals surface area contributed by atoms with Crippen LogP contribution in [0.4, 0.5) is 15.8 Å². The number of nitrogens with zero attached hydrogens (tertiary/aromatic N) is 1. The molecule has 0 radical (unpaired) electrons. The van der Waals surface area contributed by atoms with Crippen LogP contribution in [0.5, 0.6) is 0 Å². The fourth-order valence-electron chi connectivity index (χ4n) is 1.63. The Labute approximate surface area is 114 Å². The third-order valence-corrected chi connectivity index (χ3v) is 2.87. The van der Waals surface area contributed by atoms with Gasteiger partial charge in [0, 0.05) is 12.6 Å². The van der Waals surface area contributed by atoms with E-state index in [-0.39, 0.29) is 17.3 Å². The first-order chi connectivity index (χ1) is 9.08. The number of hydrogen-bond donors (Lipinski definition) is 1. The van der Waals surface area contributed by atoms with Gasteiger partial charge in [0.15, 0.2) is 0 Å². The van der Waals surface area contributed by atoms with Crippen molar-refractivity contribution in [1.29, 1.82) is 0 Å². The standard InChI is InChI=1S/C13H10ClFN2O2/c14-10-6-5-9(7-11(10)15)8-16-12-3-1-2-4-13(12)17(18)19/h1-7,16H,8H2. The van der Waals surface area contributed by atoms with Gasteiger partial charge in [0.25, 0.3) is 5.69 Å². The molecule has 4 nitrogen and oxygen atoms in total. The van der Waals surface area contributed by atoms with Gasteiger partial charge in [0.05, 0.1) is 9.95 Å². The van der Waals surface area contributed by atoms with Crippen LogP contribution in [0, 0.1) is 15.9 Å². The minimum absolute atomic E-state index is 0.0167. The van der Waals surface area contributed by atoms with Gasteiger partial charge in [0.1, 0.15) is 11.5 Å². The lowest BCUT2D eigenvalue weighted by molar-refractivity contribution is -0.384. The molecule has 0 bridgehead atoms. The number of hydrogen-bond acceptors (Lipinski definition) is 3. The second-order valence-corrected chi connectivity index (χ2v) is 4.28. The number of nitro benzene ring substituents is 1. The number of anilines is 1. The normalized spacial score (nSPS) is 10.2. The van der Waals surface area contributed by atoms with Crippen molar-refractivity contribution in [1.82, 2.24) is 0 Å². The van der Waals surface area contributed by atoms with E-state index in [1.54, 1.807) is 24.3 Å². The highest BCUT2D eigenvalue weighted by atomic mass is 35.5. The van der Waals surface area contributed by atoms with Crippen molar-refractivity contribution in [3.05, 3.63) is 69.0 Å². The largest absolute Gasteiger partial charge is 0.375 e. The van der Waals surface area contributed by atoms with E-state index in [1.165, 1.54) is 18.2 Å². The average Bonchev–Trinajstić information content (AvgIpc) is 2.40. The molecule has 2 rings (SSSR count). The number of nitrogens with one attached hydrogen (secondary N) is 1. The van der Waals surface area contributed by atoms with Crippen molar-refractivity contribution < 1.29 is 9.31 Å². The fraction of sp³-hybridized carbons (Fsp3) is 0.0769. The van der Waals surface area contributed by atoms with E-state index in [1.807, 2.05) is 0 Å². The van der Waals surface area contributed by atoms with Gasteiger partial charge in [-0.15, -0.1) is 0 Å². The summed E-state index contributed by atoms with van der Waals surface area (Å²) in [4.78, 5) is 10.4. The SMILES string of the molecule is O=[N+]([O-])c1ccccc1NCc1ccc(Cl)c(F)c1. The maximum Gasteiger partial charge on any atom is 0.292 e. The van der Waals surface area contributed by atoms with Gasteiger partial charge in [-0.05, 0) is 23.8 Å². The Balaban J connectivity index is 2.14. The fourth-order valence-corrected chi connectivity index (χ4v) is 1.75. The minimum Gasteiger partial charge on any atom is -0.375 e. The van der Waals surface area contributed by atoms with E-state index in [0.29, 0.717) is 11.3 Å². The van der Waals surface area contributed by atoms with Crippen molar-refractivity contribution in [2.45, 2.75) is 6.54 Å². The van der Waals surface area contributed by atoms with E-state index >= 15 is 0 Å². The first-order valence-corrected chi connectivity index (χ1v) is 5.87. The van der Waals surface area contributed by atoms with Crippen LogP contribution in [0.1, 0.15) is 5.56 Å². The number of benzene rings is 2. The summed E-state index contributed by atoms with van der Waals surface area (Å²) in [5.74, 6) is -0.511. The van der Waals surface area contributed by atoms with Gasteiger partial charge >= 0.3 is 0 Å². The van der Waals surface area contributed by atoms with Crippen LogP contribution in [0.3, 0.4) is 0 Å². The first-order valence-electron chi connectivity index (χ1n) is 5.49. The smallest absolute Gasteiger partial charge is 0.292 e. The molecule has 98 valence electrons. The Hall–Kier alpha value is -2.14. The summed E-state index contributed by atoms with van der Waals surface area (Å²) in [6.45, 7) is 0.277. The molecule has 0 aromatic heterocycles. The third-order valence-electron chi connectivity index (χ3n) is 2.57. The maximum atomic E-state index is 13.2. The summed E-state index contributed by atoms with van der Waals surface area (Å²) in [5.41, 5.74) is 1.03. The molecule has 0 aliphatic heterocycles. The van der Waals surface area contributed by atoms with Crippen LogP contribution in [-0.2, 0) is 6.54 Å². The Bertz CT molecular complexity index is 619. The summed E-state index contributed by atoms with van der Waals surface area (Å²) in [6.07, 6.45) is 0. The van der Waals surface area contributed by atoms with Crippen molar-refractivity contribution in [3.8, 4) is 0 Å². The average molecular weight is 281 g/mol. The Morgan fingerprint density at radius 3 is 2.68 bits per heavy atom. The molecular formula is C13H10ClFN2O2. The Kier molecular flexibility index (Phi) is 3.97. The molecule has 1 N–H and O–H groups in total. The molecule has 0 saturated carbocycles. The quantitative estimate of drug-likeness (QED) is 0.680. The van der Waals surface area contributed by atoms with Crippen LogP contribution in [0.2, 0.25) is 5.02 Å². The van der Waals surface area contributed by atoms with E-state index in [4.69, 9.17) is 11.6 Å².